The molecule has 2 N–H and O–H groups in total. The van der Waals surface area contributed by atoms with Crippen molar-refractivity contribution in [2.45, 2.75) is 65.7 Å². The van der Waals surface area contributed by atoms with Gasteiger partial charge >= 0.3 is 12.1 Å². The monoisotopic (exact) mass is 364 g/mol. The molecule has 0 aliphatic heterocycles. The Morgan fingerprint density at radius 3 is 2.35 bits per heavy atom. The zero-order chi connectivity index (χ0) is 19.9. The molecule has 144 valence electrons. The molecule has 0 saturated carbocycles. The van der Waals surface area contributed by atoms with Gasteiger partial charge in [0.2, 0.25) is 5.91 Å². The Balaban J connectivity index is 2.92. The number of nitrogens with one attached hydrogen (secondary N) is 2. The molecule has 1 rings (SSSR count). The van der Waals surface area contributed by atoms with Gasteiger partial charge in [-0.1, -0.05) is 12.1 Å². The average molecular weight is 364 g/mol. The lowest BCUT2D eigenvalue weighted by atomic mass is 10.1. The summed E-state index contributed by atoms with van der Waals surface area (Å²) in [5.41, 5.74) is 0.698. The molecule has 1 aromatic carbocycles. The van der Waals surface area contributed by atoms with Crippen molar-refractivity contribution in [3.05, 3.63) is 29.8 Å². The molecule has 0 radical (unpaired) electrons. The van der Waals surface area contributed by atoms with Crippen LogP contribution in [-0.2, 0) is 25.5 Å². The van der Waals surface area contributed by atoms with Gasteiger partial charge in [-0.05, 0) is 52.3 Å². The van der Waals surface area contributed by atoms with Crippen molar-refractivity contribution in [2.24, 2.45) is 0 Å². The van der Waals surface area contributed by atoms with Crippen LogP contribution in [0.4, 0.5) is 10.5 Å². The van der Waals surface area contributed by atoms with Crippen LogP contribution in [0.25, 0.3) is 0 Å². The fraction of sp³-hybridized carbons (Fsp3) is 0.526. The highest BCUT2D eigenvalue weighted by atomic mass is 16.6. The molecule has 0 fully saturated rings. The molecule has 0 aliphatic carbocycles. The fourth-order valence-corrected chi connectivity index (χ4v) is 2.17. The minimum Gasteiger partial charge on any atom is -0.461 e. The molecule has 1 atom stereocenters. The van der Waals surface area contributed by atoms with E-state index >= 15 is 0 Å². The highest BCUT2D eigenvalue weighted by Gasteiger charge is 2.26. The summed E-state index contributed by atoms with van der Waals surface area (Å²) in [5.74, 6) is -0.736. The number of benzene rings is 1. The zero-order valence-electron chi connectivity index (χ0n) is 16.2. The molecule has 2 amide bonds. The first kappa shape index (κ1) is 21.5. The van der Waals surface area contributed by atoms with E-state index in [1.807, 2.05) is 0 Å². The minimum absolute atomic E-state index is 0.190. The van der Waals surface area contributed by atoms with Gasteiger partial charge in [-0.2, -0.15) is 0 Å². The molecule has 0 unspecified atom stereocenters. The standard InChI is InChI=1S/C19H28N2O5/c1-12(2)25-17(23)16(21-18(24)26-19(4,5)6)11-14-8-7-9-15(10-14)20-13(3)22/h7-10,12,16H,11H2,1-6H3,(H,20,22)(H,21,24)/t16-/m1/s1. The molecule has 0 spiro atoms. The largest absolute Gasteiger partial charge is 0.461 e. The van der Waals surface area contributed by atoms with E-state index in [0.717, 1.165) is 5.56 Å². The zero-order valence-corrected chi connectivity index (χ0v) is 16.2. The van der Waals surface area contributed by atoms with Crippen LogP contribution in [0.2, 0.25) is 0 Å². The summed E-state index contributed by atoms with van der Waals surface area (Å²) in [6, 6.07) is 6.15. The number of rotatable bonds is 6. The molecular weight excluding hydrogens is 336 g/mol. The highest BCUT2D eigenvalue weighted by Crippen LogP contribution is 2.14. The fourth-order valence-electron chi connectivity index (χ4n) is 2.17. The van der Waals surface area contributed by atoms with E-state index in [-0.39, 0.29) is 18.4 Å². The van der Waals surface area contributed by atoms with E-state index in [1.54, 1.807) is 58.9 Å². The number of anilines is 1. The van der Waals surface area contributed by atoms with Crippen LogP contribution < -0.4 is 10.6 Å². The Kier molecular flexibility index (Phi) is 7.61. The van der Waals surface area contributed by atoms with E-state index < -0.39 is 23.7 Å². The number of esters is 1. The molecule has 7 nitrogen and oxygen atoms in total. The summed E-state index contributed by atoms with van der Waals surface area (Å²) in [4.78, 5) is 35.6. The number of hydrogen-bond donors (Lipinski definition) is 2. The Morgan fingerprint density at radius 2 is 1.81 bits per heavy atom. The third kappa shape index (κ3) is 8.50. The second-order valence-electron chi connectivity index (χ2n) is 7.27. The first-order chi connectivity index (χ1) is 12.0. The summed E-state index contributed by atoms with van der Waals surface area (Å²) in [6.07, 6.45) is -0.796. The molecule has 7 heteroatoms. The van der Waals surface area contributed by atoms with Gasteiger partial charge in [0.1, 0.15) is 11.6 Å². The maximum atomic E-state index is 12.4. The second-order valence-corrected chi connectivity index (χ2v) is 7.27. The SMILES string of the molecule is CC(=O)Nc1cccc(C[C@@H](NC(=O)OC(C)(C)C)C(=O)OC(C)C)c1. The van der Waals surface area contributed by atoms with Gasteiger partial charge in [0.15, 0.2) is 0 Å². The molecule has 0 heterocycles. The van der Waals surface area contributed by atoms with Crippen molar-refractivity contribution in [3.8, 4) is 0 Å². The van der Waals surface area contributed by atoms with Crippen molar-refractivity contribution in [2.75, 3.05) is 5.32 Å². The average Bonchev–Trinajstić information content (AvgIpc) is 2.43. The van der Waals surface area contributed by atoms with E-state index in [2.05, 4.69) is 10.6 Å². The minimum atomic E-state index is -0.903. The number of hydrogen-bond acceptors (Lipinski definition) is 5. The number of carbonyl (C=O) groups excluding carboxylic acids is 3. The third-order valence-corrected chi connectivity index (χ3v) is 3.01. The molecule has 0 bridgehead atoms. The molecule has 0 saturated heterocycles. The predicted molar refractivity (Wildman–Crippen MR) is 98.8 cm³/mol. The van der Waals surface area contributed by atoms with Gasteiger partial charge in [0.25, 0.3) is 0 Å². The first-order valence-corrected chi connectivity index (χ1v) is 8.53. The second kappa shape index (κ2) is 9.22. The van der Waals surface area contributed by atoms with Gasteiger partial charge in [-0.3, -0.25) is 4.79 Å². The summed E-state index contributed by atoms with van der Waals surface area (Å²) < 4.78 is 10.5. The van der Waals surface area contributed by atoms with Crippen LogP contribution >= 0.6 is 0 Å². The van der Waals surface area contributed by atoms with Crippen LogP contribution in [-0.4, -0.2) is 35.7 Å². The van der Waals surface area contributed by atoms with Crippen molar-refractivity contribution in [1.29, 1.82) is 0 Å². The van der Waals surface area contributed by atoms with E-state index in [0.29, 0.717) is 5.69 Å². The summed E-state index contributed by atoms with van der Waals surface area (Å²) in [6.45, 7) is 10.1. The van der Waals surface area contributed by atoms with Crippen molar-refractivity contribution in [3.63, 3.8) is 0 Å². The third-order valence-electron chi connectivity index (χ3n) is 3.01. The maximum absolute atomic E-state index is 12.4. The van der Waals surface area contributed by atoms with Crippen molar-refractivity contribution < 1.29 is 23.9 Å². The van der Waals surface area contributed by atoms with Gasteiger partial charge in [-0.25, -0.2) is 9.59 Å². The van der Waals surface area contributed by atoms with E-state index in [9.17, 15) is 14.4 Å². The van der Waals surface area contributed by atoms with Crippen LogP contribution in [0.3, 0.4) is 0 Å². The summed E-state index contributed by atoms with van der Waals surface area (Å²) in [5, 5.41) is 5.25. The lowest BCUT2D eigenvalue weighted by Gasteiger charge is -2.23. The topological polar surface area (TPSA) is 93.7 Å². The lowest BCUT2D eigenvalue weighted by molar-refractivity contribution is -0.150. The van der Waals surface area contributed by atoms with Crippen LogP contribution in [0.15, 0.2) is 24.3 Å². The van der Waals surface area contributed by atoms with Gasteiger partial charge in [0.05, 0.1) is 6.10 Å². The van der Waals surface area contributed by atoms with Crippen LogP contribution in [0.5, 0.6) is 0 Å². The lowest BCUT2D eigenvalue weighted by Crippen LogP contribution is -2.46. The van der Waals surface area contributed by atoms with Crippen molar-refractivity contribution >= 4 is 23.7 Å². The van der Waals surface area contributed by atoms with Crippen LogP contribution in [0.1, 0.15) is 47.1 Å². The molecule has 26 heavy (non-hydrogen) atoms. The number of carbonyl (C=O) groups is 3. The Labute approximate surface area is 154 Å². The van der Waals surface area contributed by atoms with Gasteiger partial charge in [-0.15, -0.1) is 0 Å². The number of ether oxygens (including phenoxy) is 2. The molecular formula is C19H28N2O5. The predicted octanol–water partition coefficient (Wildman–Crippen LogP) is 3.03. The number of alkyl carbamates (subject to hydrolysis) is 1. The summed E-state index contributed by atoms with van der Waals surface area (Å²) >= 11 is 0. The normalized spacial score (nSPS) is 12.3. The summed E-state index contributed by atoms with van der Waals surface area (Å²) in [7, 11) is 0. The Hall–Kier alpha value is -2.57. The highest BCUT2D eigenvalue weighted by molar-refractivity contribution is 5.88. The quantitative estimate of drug-likeness (QED) is 0.757. The van der Waals surface area contributed by atoms with Crippen LogP contribution in [0, 0.1) is 0 Å². The van der Waals surface area contributed by atoms with E-state index in [4.69, 9.17) is 9.47 Å². The Bertz CT molecular complexity index is 650. The molecule has 0 aromatic heterocycles. The van der Waals surface area contributed by atoms with Crippen molar-refractivity contribution in [1.82, 2.24) is 5.32 Å². The van der Waals surface area contributed by atoms with E-state index in [1.165, 1.54) is 6.92 Å². The smallest absolute Gasteiger partial charge is 0.408 e. The van der Waals surface area contributed by atoms with Gasteiger partial charge in [0, 0.05) is 19.0 Å². The molecule has 0 aliphatic rings. The first-order valence-electron chi connectivity index (χ1n) is 8.53. The Morgan fingerprint density at radius 1 is 1.15 bits per heavy atom. The number of amides is 2. The van der Waals surface area contributed by atoms with Gasteiger partial charge < -0.3 is 20.1 Å². The molecule has 1 aromatic rings. The maximum Gasteiger partial charge on any atom is 0.408 e.